The summed E-state index contributed by atoms with van der Waals surface area (Å²) in [5.41, 5.74) is 0.506. The van der Waals surface area contributed by atoms with Crippen LogP contribution >= 0.6 is 0 Å². The van der Waals surface area contributed by atoms with Gasteiger partial charge in [0.15, 0.2) is 11.5 Å². The molecule has 1 atom stereocenters. The molecule has 1 aromatic rings. The molecular formula is C12H19NO3. The number of hydrogen-bond acceptors (Lipinski definition) is 4. The zero-order valence-corrected chi connectivity index (χ0v) is 9.86. The molecule has 0 aliphatic carbocycles. The van der Waals surface area contributed by atoms with Crippen molar-refractivity contribution in [3.63, 3.8) is 0 Å². The van der Waals surface area contributed by atoms with Crippen molar-refractivity contribution in [3.8, 4) is 11.5 Å². The SMILES string of the molecule is CC(C)(C)NC[C@@H](O)c1ccc(O)c(O)c1. The molecule has 0 saturated carbocycles. The Bertz CT molecular complexity index is 358. The number of rotatable bonds is 3. The molecule has 0 fully saturated rings. The van der Waals surface area contributed by atoms with Crippen LogP contribution in [0.3, 0.4) is 0 Å². The maximum absolute atomic E-state index is 9.84. The van der Waals surface area contributed by atoms with Gasteiger partial charge in [-0.05, 0) is 38.5 Å². The fourth-order valence-electron chi connectivity index (χ4n) is 1.27. The van der Waals surface area contributed by atoms with Gasteiger partial charge < -0.3 is 20.6 Å². The second kappa shape index (κ2) is 4.72. The Morgan fingerprint density at radius 1 is 1.19 bits per heavy atom. The lowest BCUT2D eigenvalue weighted by molar-refractivity contribution is 0.163. The zero-order chi connectivity index (χ0) is 12.3. The maximum atomic E-state index is 9.84. The lowest BCUT2D eigenvalue weighted by Gasteiger charge is -2.23. The average Bonchev–Trinajstić information content (AvgIpc) is 2.17. The first-order chi connectivity index (χ1) is 7.29. The first-order valence-corrected chi connectivity index (χ1v) is 5.24. The fourth-order valence-corrected chi connectivity index (χ4v) is 1.27. The van der Waals surface area contributed by atoms with Crippen LogP contribution in [0.15, 0.2) is 18.2 Å². The summed E-state index contributed by atoms with van der Waals surface area (Å²) in [6.45, 7) is 6.42. The Labute approximate surface area is 95.6 Å². The zero-order valence-electron chi connectivity index (χ0n) is 9.86. The Morgan fingerprint density at radius 2 is 1.81 bits per heavy atom. The summed E-state index contributed by atoms with van der Waals surface area (Å²) >= 11 is 0. The second-order valence-electron chi connectivity index (χ2n) is 4.89. The highest BCUT2D eigenvalue weighted by molar-refractivity contribution is 5.41. The van der Waals surface area contributed by atoms with Gasteiger partial charge in [-0.25, -0.2) is 0 Å². The third-order valence-corrected chi connectivity index (χ3v) is 2.21. The number of nitrogens with one attached hydrogen (secondary N) is 1. The van der Waals surface area contributed by atoms with Crippen molar-refractivity contribution in [2.24, 2.45) is 0 Å². The number of aromatic hydroxyl groups is 2. The van der Waals surface area contributed by atoms with E-state index in [2.05, 4.69) is 5.32 Å². The van der Waals surface area contributed by atoms with Crippen molar-refractivity contribution in [1.82, 2.24) is 5.32 Å². The van der Waals surface area contributed by atoms with Gasteiger partial charge in [0.05, 0.1) is 6.10 Å². The Kier molecular flexibility index (Phi) is 3.78. The number of phenolic OH excluding ortho intramolecular Hbond substituents is 2. The molecule has 0 spiro atoms. The van der Waals surface area contributed by atoms with Crippen molar-refractivity contribution in [2.75, 3.05) is 6.54 Å². The molecule has 0 bridgehead atoms. The summed E-state index contributed by atoms with van der Waals surface area (Å²) in [6, 6.07) is 4.32. The molecule has 0 radical (unpaired) electrons. The van der Waals surface area contributed by atoms with Crippen molar-refractivity contribution in [1.29, 1.82) is 0 Å². The lowest BCUT2D eigenvalue weighted by Crippen LogP contribution is -2.38. The van der Waals surface area contributed by atoms with Crippen LogP contribution in [0.25, 0.3) is 0 Å². The third-order valence-electron chi connectivity index (χ3n) is 2.21. The molecule has 0 unspecified atom stereocenters. The molecule has 0 aliphatic rings. The van der Waals surface area contributed by atoms with Crippen LogP contribution in [0.5, 0.6) is 11.5 Å². The molecule has 0 aromatic heterocycles. The van der Waals surface area contributed by atoms with E-state index in [1.54, 1.807) is 6.07 Å². The molecule has 0 amide bonds. The van der Waals surface area contributed by atoms with E-state index in [0.29, 0.717) is 12.1 Å². The molecule has 0 heterocycles. The van der Waals surface area contributed by atoms with Crippen LogP contribution < -0.4 is 5.32 Å². The van der Waals surface area contributed by atoms with Gasteiger partial charge in [-0.1, -0.05) is 6.07 Å². The van der Waals surface area contributed by atoms with Gasteiger partial charge in [-0.15, -0.1) is 0 Å². The molecule has 0 saturated heterocycles. The van der Waals surface area contributed by atoms with Gasteiger partial charge in [0.2, 0.25) is 0 Å². The Balaban J connectivity index is 2.66. The largest absolute Gasteiger partial charge is 0.504 e. The van der Waals surface area contributed by atoms with Crippen LogP contribution in [-0.4, -0.2) is 27.4 Å². The second-order valence-corrected chi connectivity index (χ2v) is 4.89. The van der Waals surface area contributed by atoms with Gasteiger partial charge >= 0.3 is 0 Å². The molecule has 1 aromatic carbocycles. The van der Waals surface area contributed by atoms with Crippen molar-refractivity contribution < 1.29 is 15.3 Å². The van der Waals surface area contributed by atoms with E-state index in [0.717, 1.165) is 0 Å². The number of β-amino-alcohol motifs (C(OH)–C–C–N with tert-alkyl or cyclic N) is 1. The predicted molar refractivity (Wildman–Crippen MR) is 62.5 cm³/mol. The van der Waals surface area contributed by atoms with Crippen molar-refractivity contribution >= 4 is 0 Å². The van der Waals surface area contributed by atoms with Crippen molar-refractivity contribution in [2.45, 2.75) is 32.4 Å². The van der Waals surface area contributed by atoms with Crippen LogP contribution in [0.4, 0.5) is 0 Å². The highest BCUT2D eigenvalue weighted by atomic mass is 16.3. The normalized spacial score (nSPS) is 13.8. The summed E-state index contributed by atoms with van der Waals surface area (Å²) in [4.78, 5) is 0. The summed E-state index contributed by atoms with van der Waals surface area (Å²) in [6.07, 6.45) is -0.703. The van der Waals surface area contributed by atoms with E-state index >= 15 is 0 Å². The van der Waals surface area contributed by atoms with Crippen LogP contribution in [-0.2, 0) is 0 Å². The monoisotopic (exact) mass is 225 g/mol. The molecule has 1 rings (SSSR count). The molecule has 4 nitrogen and oxygen atoms in total. The van der Waals surface area contributed by atoms with Gasteiger partial charge in [-0.2, -0.15) is 0 Å². The summed E-state index contributed by atoms with van der Waals surface area (Å²) in [7, 11) is 0. The first-order valence-electron chi connectivity index (χ1n) is 5.24. The van der Waals surface area contributed by atoms with Gasteiger partial charge in [0.1, 0.15) is 0 Å². The highest BCUT2D eigenvalue weighted by Crippen LogP contribution is 2.27. The van der Waals surface area contributed by atoms with E-state index in [1.165, 1.54) is 12.1 Å². The topological polar surface area (TPSA) is 72.7 Å². The van der Waals surface area contributed by atoms with E-state index < -0.39 is 6.10 Å². The number of phenols is 2. The Morgan fingerprint density at radius 3 is 2.31 bits per heavy atom. The van der Waals surface area contributed by atoms with Crippen molar-refractivity contribution in [3.05, 3.63) is 23.8 Å². The number of hydrogen-bond donors (Lipinski definition) is 4. The summed E-state index contributed by atoms with van der Waals surface area (Å²) in [5, 5.41) is 31.4. The molecule has 0 aliphatic heterocycles. The smallest absolute Gasteiger partial charge is 0.157 e. The number of aliphatic hydroxyl groups is 1. The predicted octanol–water partition coefficient (Wildman–Crippen LogP) is 1.52. The molecule has 90 valence electrons. The van der Waals surface area contributed by atoms with E-state index in [9.17, 15) is 10.2 Å². The number of benzene rings is 1. The Hall–Kier alpha value is -1.26. The van der Waals surface area contributed by atoms with Crippen LogP contribution in [0.1, 0.15) is 32.4 Å². The molecule has 4 N–H and O–H groups in total. The van der Waals surface area contributed by atoms with Crippen LogP contribution in [0, 0.1) is 0 Å². The highest BCUT2D eigenvalue weighted by Gasteiger charge is 2.14. The fraction of sp³-hybridized carbons (Fsp3) is 0.500. The van der Waals surface area contributed by atoms with Crippen LogP contribution in [0.2, 0.25) is 0 Å². The van der Waals surface area contributed by atoms with Gasteiger partial charge in [-0.3, -0.25) is 0 Å². The van der Waals surface area contributed by atoms with Gasteiger partial charge in [0.25, 0.3) is 0 Å². The minimum absolute atomic E-state index is 0.0695. The minimum Gasteiger partial charge on any atom is -0.504 e. The number of aliphatic hydroxyl groups excluding tert-OH is 1. The summed E-state index contributed by atoms with van der Waals surface area (Å²) in [5.74, 6) is -0.396. The third kappa shape index (κ3) is 3.72. The van der Waals surface area contributed by atoms with E-state index in [1.807, 2.05) is 20.8 Å². The maximum Gasteiger partial charge on any atom is 0.157 e. The van der Waals surface area contributed by atoms with E-state index in [4.69, 9.17) is 5.11 Å². The standard InChI is InChI=1S/C12H19NO3/c1-12(2,3)13-7-11(16)8-4-5-9(14)10(15)6-8/h4-6,11,13-16H,7H2,1-3H3/t11-/m1/s1. The molecule has 16 heavy (non-hydrogen) atoms. The van der Waals surface area contributed by atoms with Gasteiger partial charge in [0, 0.05) is 12.1 Å². The van der Waals surface area contributed by atoms with E-state index in [-0.39, 0.29) is 17.0 Å². The molecule has 4 heteroatoms. The average molecular weight is 225 g/mol. The minimum atomic E-state index is -0.703. The quantitative estimate of drug-likeness (QED) is 0.588. The first kappa shape index (κ1) is 12.8. The molecular weight excluding hydrogens is 206 g/mol. The summed E-state index contributed by atoms with van der Waals surface area (Å²) < 4.78 is 0. The lowest BCUT2D eigenvalue weighted by atomic mass is 10.1.